The Balaban J connectivity index is -0.000000265. The number of carboxylic acids is 6. The van der Waals surface area contributed by atoms with Crippen LogP contribution in [0.5, 0.6) is 0 Å². The number of aliphatic hydroxyl groups excluding tert-OH is 6. The summed E-state index contributed by atoms with van der Waals surface area (Å²) in [5.74, 6) is -8.01. The normalized spacial score (nSPS) is 30.0. The Morgan fingerprint density at radius 1 is 0.302 bits per heavy atom. The molecule has 0 heterocycles. The van der Waals surface area contributed by atoms with Gasteiger partial charge in [0.2, 0.25) is 0 Å². The van der Waals surface area contributed by atoms with E-state index in [1.165, 1.54) is 0 Å². The number of aliphatic carboxylic acids is 6. The molecule has 0 aromatic heterocycles. The number of carbonyl (C=O) groups is 6. The molecule has 2 aliphatic carbocycles. The van der Waals surface area contributed by atoms with E-state index < -0.39 is 148 Å². The van der Waals surface area contributed by atoms with E-state index in [2.05, 4.69) is 31.9 Å². The van der Waals surface area contributed by atoms with Gasteiger partial charge < -0.3 is 93.2 Å². The van der Waals surface area contributed by atoms with E-state index in [1.54, 1.807) is 0 Å². The Bertz CT molecular complexity index is 895. The number of hydrogen-bond acceptors (Lipinski definition) is 12. The molecule has 0 aromatic rings. The SMILES string of the molecule is C.C.O=C(O)C[N-]C1C(O)C([N-]CC(=O)O)C(O)C([N-]CC(=O)O)C1O.O=C(O)C[N-]C1C(O)C([N-]CC(=O)O)C(O)C([N-]CC(=O)O)C1O.[Gd+2].[Gd+2].[Gd+2]. The van der Waals surface area contributed by atoms with E-state index in [0.29, 0.717) is 0 Å². The van der Waals surface area contributed by atoms with E-state index in [-0.39, 0.29) is 135 Å². The first-order valence-corrected chi connectivity index (χ1v) is 13.7. The minimum Gasteiger partial charge on any atom is -0.646 e. The number of carboxylic acid groups (broad SMARTS) is 6. The Labute approximate surface area is 399 Å². The largest absolute Gasteiger partial charge is 2.00 e. The topological polar surface area (TPSA) is 430 Å². The van der Waals surface area contributed by atoms with Gasteiger partial charge >= 0.3 is 120 Å². The van der Waals surface area contributed by atoms with Crippen LogP contribution in [0.3, 0.4) is 0 Å². The van der Waals surface area contributed by atoms with Crippen molar-refractivity contribution in [2.75, 3.05) is 39.3 Å². The maximum absolute atomic E-state index is 10.6. The van der Waals surface area contributed by atoms with Gasteiger partial charge in [-0.05, 0) is 39.3 Å². The van der Waals surface area contributed by atoms with Gasteiger partial charge in [0.25, 0.3) is 35.8 Å². The molecule has 27 heteroatoms. The number of aliphatic hydroxyl groups is 6. The number of nitrogens with zero attached hydrogens (tertiary/aromatic N) is 6. The Morgan fingerprint density at radius 2 is 0.396 bits per heavy atom. The van der Waals surface area contributed by atoms with Gasteiger partial charge in [-0.1, -0.05) is 51.1 Å². The summed E-state index contributed by atoms with van der Waals surface area (Å²) in [6.45, 7) is -4.55. The molecule has 0 radical (unpaired) electrons. The first-order valence-electron chi connectivity index (χ1n) is 13.7. The molecule has 0 saturated heterocycles. The van der Waals surface area contributed by atoms with Crippen LogP contribution in [-0.2, 0) is 28.8 Å². The zero-order valence-corrected chi connectivity index (χ0v) is 32.5. The van der Waals surface area contributed by atoms with E-state index in [4.69, 9.17) is 30.6 Å². The van der Waals surface area contributed by atoms with Crippen molar-refractivity contribution in [2.45, 2.75) is 87.7 Å². The third-order valence-electron chi connectivity index (χ3n) is 6.82. The average molecular weight is 1200 g/mol. The Hall–Kier alpha value is 0.314. The first kappa shape index (κ1) is 62.5. The second-order valence-corrected chi connectivity index (χ2v) is 10.3. The van der Waals surface area contributed by atoms with Gasteiger partial charge in [0.15, 0.2) is 0 Å². The molecule has 0 amide bonds. The van der Waals surface area contributed by atoms with Crippen LogP contribution in [0.4, 0.5) is 0 Å². The molecule has 2 saturated carbocycles. The summed E-state index contributed by atoms with van der Waals surface area (Å²) in [6.07, 6.45) is -9.89. The van der Waals surface area contributed by atoms with Gasteiger partial charge in [0, 0.05) is 36.6 Å². The first-order chi connectivity index (χ1) is 22.3. The van der Waals surface area contributed by atoms with Gasteiger partial charge in [-0.25, -0.2) is 0 Å². The third kappa shape index (κ3) is 21.6. The quantitative estimate of drug-likeness (QED) is 0.0631. The van der Waals surface area contributed by atoms with Crippen LogP contribution < -0.4 is 0 Å². The standard InChI is InChI=1S/2C12H18N3O9.2CH4.3Gd/c2*16-4(17)1-13-7-10(22)8(14-2-5(18)19)12(24)9(11(7)23)15-3-6(20)21;;;;;/h2*7-12,22-24H,1-3H2,(H,16,17)(H,18,19)(H,20,21);2*1H4;;;/q2*-3;;;3*+2. The molecule has 12 N–H and O–H groups in total. The van der Waals surface area contributed by atoms with E-state index in [9.17, 15) is 59.4 Å². The molecule has 2 aliphatic rings. The summed E-state index contributed by atoms with van der Waals surface area (Å²) >= 11 is 0. The van der Waals surface area contributed by atoms with E-state index >= 15 is 0 Å². The van der Waals surface area contributed by atoms with Crippen LogP contribution in [0.2, 0.25) is 0 Å². The van der Waals surface area contributed by atoms with Crippen LogP contribution >= 0.6 is 0 Å². The molecule has 0 aliphatic heterocycles. The fourth-order valence-corrected chi connectivity index (χ4v) is 4.82. The summed E-state index contributed by atoms with van der Waals surface area (Å²) in [5, 5.41) is 134. The Morgan fingerprint density at radius 3 is 0.472 bits per heavy atom. The maximum Gasteiger partial charge on any atom is 2.00 e. The molecular formula is C26H44Gd3N6O18. The molecular weight excluding hydrogens is 1160 g/mol. The van der Waals surface area contributed by atoms with Crippen molar-refractivity contribution in [3.63, 3.8) is 0 Å². The van der Waals surface area contributed by atoms with Gasteiger partial charge in [-0.3, -0.25) is 28.8 Å². The molecule has 0 bridgehead atoms. The van der Waals surface area contributed by atoms with Gasteiger partial charge in [0.05, 0.1) is 0 Å². The zero-order chi connectivity index (χ0) is 36.9. The smallest absolute Gasteiger partial charge is 0.646 e. The van der Waals surface area contributed by atoms with Crippen LogP contribution in [-0.4, -0.2) is 209 Å². The van der Waals surface area contributed by atoms with Crippen LogP contribution in [0.25, 0.3) is 31.9 Å². The monoisotopic (exact) mass is 1200 g/mol. The maximum atomic E-state index is 10.6. The zero-order valence-electron chi connectivity index (χ0n) is 25.7. The summed E-state index contributed by atoms with van der Waals surface area (Å²) in [4.78, 5) is 63.6. The molecule has 0 aromatic carbocycles. The summed E-state index contributed by atoms with van der Waals surface area (Å²) < 4.78 is 0. The molecule has 0 atom stereocenters. The number of rotatable bonds is 18. The average Bonchev–Trinajstić information content (AvgIpc) is 2.96. The van der Waals surface area contributed by atoms with E-state index in [1.807, 2.05) is 0 Å². The Kier molecular flexibility index (Phi) is 36.9. The summed E-state index contributed by atoms with van der Waals surface area (Å²) in [7, 11) is 0. The van der Waals surface area contributed by atoms with Gasteiger partial charge in [0.1, 0.15) is 0 Å². The predicted octanol–water partition coefficient (Wildman–Crippen LogP) is -3.60. The second kappa shape index (κ2) is 31.3. The van der Waals surface area contributed by atoms with Gasteiger partial charge in [-0.2, -0.15) is 0 Å². The van der Waals surface area contributed by atoms with Crippen LogP contribution in [0.15, 0.2) is 0 Å². The molecule has 310 valence electrons. The van der Waals surface area contributed by atoms with Crippen LogP contribution in [0, 0.1) is 120 Å². The molecule has 0 unspecified atom stereocenters. The minimum absolute atomic E-state index is 0. The fourth-order valence-electron chi connectivity index (χ4n) is 4.82. The summed E-state index contributed by atoms with van der Waals surface area (Å²) in [6, 6.07) is -8.53. The van der Waals surface area contributed by atoms with Crippen molar-refractivity contribution >= 4 is 35.8 Å². The van der Waals surface area contributed by atoms with Crippen molar-refractivity contribution in [2.24, 2.45) is 0 Å². The van der Waals surface area contributed by atoms with Crippen molar-refractivity contribution in [3.8, 4) is 0 Å². The number of hydrogen-bond donors (Lipinski definition) is 12. The third-order valence-corrected chi connectivity index (χ3v) is 6.82. The molecule has 2 fully saturated rings. The van der Waals surface area contributed by atoms with Crippen molar-refractivity contribution in [3.05, 3.63) is 31.9 Å². The molecule has 53 heavy (non-hydrogen) atoms. The van der Waals surface area contributed by atoms with Crippen LogP contribution in [0.1, 0.15) is 14.9 Å². The molecule has 0 spiro atoms. The fraction of sp³-hybridized carbons (Fsp3) is 0.769. The van der Waals surface area contributed by atoms with Crippen molar-refractivity contribution in [1.29, 1.82) is 0 Å². The van der Waals surface area contributed by atoms with Crippen molar-refractivity contribution < 1.29 is 210 Å². The predicted molar refractivity (Wildman–Crippen MR) is 167 cm³/mol. The van der Waals surface area contributed by atoms with Gasteiger partial charge in [-0.15, -0.1) is 0 Å². The minimum atomic E-state index is -1.65. The van der Waals surface area contributed by atoms with Crippen molar-refractivity contribution in [1.82, 2.24) is 0 Å². The molecule has 24 nitrogen and oxygen atoms in total. The molecule has 2 rings (SSSR count). The van der Waals surface area contributed by atoms with E-state index in [0.717, 1.165) is 0 Å². The summed E-state index contributed by atoms with van der Waals surface area (Å²) in [5.41, 5.74) is 0. The second-order valence-electron chi connectivity index (χ2n) is 10.3.